The lowest BCUT2D eigenvalue weighted by atomic mass is 10.1. The minimum absolute atomic E-state index is 0.0434. The van der Waals surface area contributed by atoms with Gasteiger partial charge in [0.25, 0.3) is 5.91 Å². The molecule has 0 spiro atoms. The summed E-state index contributed by atoms with van der Waals surface area (Å²) in [6.07, 6.45) is 1.56. The van der Waals surface area contributed by atoms with Crippen LogP contribution in [0.15, 0.2) is 35.9 Å². The predicted molar refractivity (Wildman–Crippen MR) is 82.9 cm³/mol. The Morgan fingerprint density at radius 1 is 1.32 bits per heavy atom. The Balaban J connectivity index is 2.52. The molecule has 0 saturated carbocycles. The Morgan fingerprint density at radius 2 is 1.95 bits per heavy atom. The summed E-state index contributed by atoms with van der Waals surface area (Å²) in [6, 6.07) is 9.95. The summed E-state index contributed by atoms with van der Waals surface area (Å²) in [4.78, 5) is 11.6. The van der Waals surface area contributed by atoms with E-state index in [0.717, 1.165) is 22.6 Å². The fourth-order valence-electron chi connectivity index (χ4n) is 2.36. The zero-order chi connectivity index (χ0) is 16.3. The summed E-state index contributed by atoms with van der Waals surface area (Å²) in [7, 11) is 1.48. The molecule has 0 aliphatic rings. The number of rotatable bonds is 3. The molecule has 4 nitrogen and oxygen atoms in total. The third kappa shape index (κ3) is 2.91. The molecule has 22 heavy (non-hydrogen) atoms. The highest BCUT2D eigenvalue weighted by molar-refractivity contribution is 6.01. The van der Waals surface area contributed by atoms with Gasteiger partial charge in [-0.25, -0.2) is 4.39 Å². The molecular formula is C17H16FN3O. The largest absolute Gasteiger partial charge is 0.354 e. The van der Waals surface area contributed by atoms with Gasteiger partial charge in [0, 0.05) is 24.1 Å². The summed E-state index contributed by atoms with van der Waals surface area (Å²) in [5.41, 5.74) is 3.46. The zero-order valence-corrected chi connectivity index (χ0v) is 12.6. The van der Waals surface area contributed by atoms with Crippen LogP contribution in [0.3, 0.4) is 0 Å². The molecule has 1 N–H and O–H groups in total. The van der Waals surface area contributed by atoms with E-state index in [0.29, 0.717) is 0 Å². The van der Waals surface area contributed by atoms with Crippen molar-refractivity contribution >= 4 is 12.0 Å². The predicted octanol–water partition coefficient (Wildman–Crippen LogP) is 2.89. The molecule has 0 fully saturated rings. The van der Waals surface area contributed by atoms with E-state index in [1.165, 1.54) is 19.2 Å². The number of amides is 1. The van der Waals surface area contributed by atoms with Gasteiger partial charge in [-0.15, -0.1) is 0 Å². The molecule has 1 aromatic carbocycles. The van der Waals surface area contributed by atoms with Gasteiger partial charge >= 0.3 is 0 Å². The number of aromatic nitrogens is 1. The van der Waals surface area contributed by atoms with Crippen LogP contribution in [0.4, 0.5) is 4.39 Å². The third-order valence-corrected chi connectivity index (χ3v) is 3.45. The summed E-state index contributed by atoms with van der Waals surface area (Å²) < 4.78 is 15.0. The summed E-state index contributed by atoms with van der Waals surface area (Å²) in [5.74, 6) is -0.716. The second-order valence-electron chi connectivity index (χ2n) is 4.89. The van der Waals surface area contributed by atoms with Crippen molar-refractivity contribution in [2.45, 2.75) is 13.8 Å². The molecule has 0 radical (unpaired) electrons. The first-order valence-corrected chi connectivity index (χ1v) is 6.76. The van der Waals surface area contributed by atoms with Crippen molar-refractivity contribution < 1.29 is 9.18 Å². The van der Waals surface area contributed by atoms with Crippen molar-refractivity contribution in [2.24, 2.45) is 0 Å². The zero-order valence-electron chi connectivity index (χ0n) is 12.6. The molecule has 0 unspecified atom stereocenters. The van der Waals surface area contributed by atoms with Crippen LogP contribution in [0, 0.1) is 31.0 Å². The van der Waals surface area contributed by atoms with Crippen molar-refractivity contribution in [2.75, 3.05) is 7.05 Å². The van der Waals surface area contributed by atoms with Crippen LogP contribution in [0.1, 0.15) is 17.0 Å². The number of halogens is 1. The van der Waals surface area contributed by atoms with Crippen LogP contribution in [0.2, 0.25) is 0 Å². The standard InChI is InChI=1S/C17H16FN3O/c1-11-8-13(9-14(10-19)17(22)20-3)12(2)21(11)16-6-4-15(18)5-7-16/h4-9H,1-3H3,(H,20,22). The molecule has 0 saturated heterocycles. The number of carbonyl (C=O) groups excluding carboxylic acids is 1. The summed E-state index contributed by atoms with van der Waals surface area (Å²) >= 11 is 0. The Labute approximate surface area is 128 Å². The lowest BCUT2D eigenvalue weighted by Gasteiger charge is -2.09. The molecule has 2 aromatic rings. The number of likely N-dealkylation sites (N-methyl/N-ethyl adjacent to an activating group) is 1. The Morgan fingerprint density at radius 3 is 2.50 bits per heavy atom. The third-order valence-electron chi connectivity index (χ3n) is 3.45. The molecule has 5 heteroatoms. The van der Waals surface area contributed by atoms with E-state index in [4.69, 9.17) is 5.26 Å². The van der Waals surface area contributed by atoms with E-state index in [-0.39, 0.29) is 11.4 Å². The molecule has 1 aromatic heterocycles. The molecular weight excluding hydrogens is 281 g/mol. The number of nitrogens with zero attached hydrogens (tertiary/aromatic N) is 2. The fraction of sp³-hybridized carbons (Fsp3) is 0.176. The molecule has 2 rings (SSSR count). The molecule has 0 atom stereocenters. The van der Waals surface area contributed by atoms with E-state index >= 15 is 0 Å². The van der Waals surface area contributed by atoms with Crippen molar-refractivity contribution in [1.29, 1.82) is 5.26 Å². The SMILES string of the molecule is CNC(=O)C(C#N)=Cc1cc(C)n(-c2ccc(F)cc2)c1C. The minimum Gasteiger partial charge on any atom is -0.354 e. The van der Waals surface area contributed by atoms with Crippen LogP contribution in [-0.4, -0.2) is 17.5 Å². The minimum atomic E-state index is -0.422. The van der Waals surface area contributed by atoms with E-state index in [1.54, 1.807) is 18.2 Å². The number of benzene rings is 1. The second kappa shape index (κ2) is 6.27. The van der Waals surface area contributed by atoms with Crippen LogP contribution < -0.4 is 5.32 Å². The molecule has 1 heterocycles. The van der Waals surface area contributed by atoms with Crippen LogP contribution in [0.25, 0.3) is 11.8 Å². The number of nitrogens with one attached hydrogen (secondary N) is 1. The molecule has 0 bridgehead atoms. The van der Waals surface area contributed by atoms with Gasteiger partial charge < -0.3 is 9.88 Å². The number of carbonyl (C=O) groups is 1. The van der Waals surface area contributed by atoms with E-state index in [2.05, 4.69) is 5.32 Å². The fourth-order valence-corrected chi connectivity index (χ4v) is 2.36. The van der Waals surface area contributed by atoms with Gasteiger partial charge in [-0.05, 0) is 55.8 Å². The van der Waals surface area contributed by atoms with Crippen molar-refractivity contribution in [3.63, 3.8) is 0 Å². The van der Waals surface area contributed by atoms with E-state index < -0.39 is 5.91 Å². The molecule has 1 amide bonds. The highest BCUT2D eigenvalue weighted by Crippen LogP contribution is 2.23. The Bertz CT molecular complexity index is 779. The Kier molecular flexibility index (Phi) is 4.42. The maximum Gasteiger partial charge on any atom is 0.261 e. The van der Waals surface area contributed by atoms with E-state index in [9.17, 15) is 9.18 Å². The van der Waals surface area contributed by atoms with Crippen LogP contribution in [-0.2, 0) is 4.79 Å². The number of nitriles is 1. The first-order chi connectivity index (χ1) is 10.5. The summed E-state index contributed by atoms with van der Waals surface area (Å²) in [6.45, 7) is 3.81. The van der Waals surface area contributed by atoms with Gasteiger partial charge in [0.2, 0.25) is 0 Å². The normalized spacial score (nSPS) is 11.1. The maximum atomic E-state index is 13.1. The van der Waals surface area contributed by atoms with Crippen molar-refractivity contribution in [3.8, 4) is 11.8 Å². The van der Waals surface area contributed by atoms with Crippen molar-refractivity contribution in [1.82, 2.24) is 9.88 Å². The monoisotopic (exact) mass is 297 g/mol. The second-order valence-corrected chi connectivity index (χ2v) is 4.89. The molecule has 0 aliphatic carbocycles. The van der Waals surface area contributed by atoms with E-state index in [1.807, 2.05) is 30.6 Å². The van der Waals surface area contributed by atoms with Gasteiger partial charge in [0.1, 0.15) is 17.5 Å². The highest BCUT2D eigenvalue weighted by Gasteiger charge is 2.12. The molecule has 0 aliphatic heterocycles. The average Bonchev–Trinajstić information content (AvgIpc) is 2.79. The lowest BCUT2D eigenvalue weighted by Crippen LogP contribution is -2.19. The maximum absolute atomic E-state index is 13.1. The topological polar surface area (TPSA) is 57.8 Å². The van der Waals surface area contributed by atoms with Gasteiger partial charge in [0.05, 0.1) is 0 Å². The molecule has 112 valence electrons. The van der Waals surface area contributed by atoms with Crippen molar-refractivity contribution in [3.05, 3.63) is 58.7 Å². The van der Waals surface area contributed by atoms with Gasteiger partial charge in [-0.2, -0.15) is 5.26 Å². The van der Waals surface area contributed by atoms with Gasteiger partial charge in [-0.3, -0.25) is 4.79 Å². The number of aryl methyl sites for hydroxylation is 1. The quantitative estimate of drug-likeness (QED) is 0.699. The summed E-state index contributed by atoms with van der Waals surface area (Å²) in [5, 5.41) is 11.5. The smallest absolute Gasteiger partial charge is 0.261 e. The number of hydrogen-bond donors (Lipinski definition) is 1. The lowest BCUT2D eigenvalue weighted by molar-refractivity contribution is -0.116. The average molecular weight is 297 g/mol. The first-order valence-electron chi connectivity index (χ1n) is 6.76. The van der Waals surface area contributed by atoms with Gasteiger partial charge in [0.15, 0.2) is 0 Å². The number of hydrogen-bond acceptors (Lipinski definition) is 2. The van der Waals surface area contributed by atoms with Crippen LogP contribution >= 0.6 is 0 Å². The highest BCUT2D eigenvalue weighted by atomic mass is 19.1. The first kappa shape index (κ1) is 15.5. The van der Waals surface area contributed by atoms with Gasteiger partial charge in [-0.1, -0.05) is 0 Å². The Hall–Kier alpha value is -2.87. The van der Waals surface area contributed by atoms with Crippen LogP contribution in [0.5, 0.6) is 0 Å².